The molecule has 21 heavy (non-hydrogen) atoms. The number of unbranched alkanes of at least 4 members (excludes halogenated alkanes) is 1. The summed E-state index contributed by atoms with van der Waals surface area (Å²) in [5, 5.41) is 3.73. The third-order valence-electron chi connectivity index (χ3n) is 3.51. The highest BCUT2D eigenvalue weighted by atomic mass is 32.1. The topological polar surface area (TPSA) is 124 Å². The van der Waals surface area contributed by atoms with Crippen LogP contribution >= 0.6 is 11.3 Å². The number of nitrogen functional groups attached to an aromatic ring is 1. The van der Waals surface area contributed by atoms with Crippen molar-refractivity contribution < 1.29 is 9.59 Å². The maximum atomic E-state index is 11.5. The zero-order valence-corrected chi connectivity index (χ0v) is 13.4. The van der Waals surface area contributed by atoms with Crippen LogP contribution in [0.1, 0.15) is 59.6 Å². The molecule has 1 rings (SSSR count). The Hall–Kier alpha value is -1.76. The van der Waals surface area contributed by atoms with E-state index < -0.39 is 11.8 Å². The molecular weight excluding hydrogens is 288 g/mol. The molecule has 1 unspecified atom stereocenters. The van der Waals surface area contributed by atoms with Gasteiger partial charge in [0.25, 0.3) is 11.8 Å². The number of primary amides is 2. The second kappa shape index (κ2) is 7.87. The maximum absolute atomic E-state index is 11.5. The molecule has 1 aromatic rings. The van der Waals surface area contributed by atoms with Gasteiger partial charge in [-0.1, -0.05) is 33.1 Å². The number of carbonyl (C=O) groups is 2. The summed E-state index contributed by atoms with van der Waals surface area (Å²) < 4.78 is 0. The minimum absolute atomic E-state index is 0.0732. The number of hydrogen-bond acceptors (Lipinski definition) is 5. The molecule has 6 nitrogen and oxygen atoms in total. The Kier molecular flexibility index (Phi) is 6.48. The third kappa shape index (κ3) is 4.35. The van der Waals surface area contributed by atoms with Gasteiger partial charge in [0, 0.05) is 6.54 Å². The van der Waals surface area contributed by atoms with Gasteiger partial charge in [0.2, 0.25) is 0 Å². The van der Waals surface area contributed by atoms with Crippen LogP contribution in [-0.4, -0.2) is 18.4 Å². The van der Waals surface area contributed by atoms with Crippen LogP contribution in [-0.2, 0) is 0 Å². The lowest BCUT2D eigenvalue weighted by Gasteiger charge is -2.15. The van der Waals surface area contributed by atoms with E-state index in [9.17, 15) is 9.59 Å². The van der Waals surface area contributed by atoms with Crippen molar-refractivity contribution in [1.82, 2.24) is 0 Å². The van der Waals surface area contributed by atoms with Crippen molar-refractivity contribution in [3.05, 3.63) is 10.4 Å². The monoisotopic (exact) mass is 312 g/mol. The first kappa shape index (κ1) is 17.3. The van der Waals surface area contributed by atoms with Gasteiger partial charge < -0.3 is 22.5 Å². The van der Waals surface area contributed by atoms with Gasteiger partial charge in [0.1, 0.15) is 9.88 Å². The van der Waals surface area contributed by atoms with Gasteiger partial charge >= 0.3 is 0 Å². The first-order chi connectivity index (χ1) is 9.92. The second-order valence-electron chi connectivity index (χ2n) is 5.07. The SMILES string of the molecule is CCCCC(CC)CNc1sc(C(N)=O)c(N)c1C(N)=O. The van der Waals surface area contributed by atoms with Gasteiger partial charge in [0.15, 0.2) is 0 Å². The Labute approximate surface area is 129 Å². The number of hydrogen-bond donors (Lipinski definition) is 4. The molecule has 0 spiro atoms. The lowest BCUT2D eigenvalue weighted by Crippen LogP contribution is -2.18. The van der Waals surface area contributed by atoms with Crippen LogP contribution in [0.2, 0.25) is 0 Å². The van der Waals surface area contributed by atoms with Crippen molar-refractivity contribution in [3.63, 3.8) is 0 Å². The molecule has 0 aliphatic heterocycles. The number of rotatable bonds is 9. The van der Waals surface area contributed by atoms with Gasteiger partial charge in [-0.15, -0.1) is 11.3 Å². The summed E-state index contributed by atoms with van der Waals surface area (Å²) in [5.41, 5.74) is 16.6. The van der Waals surface area contributed by atoms with Crippen LogP contribution in [0.3, 0.4) is 0 Å². The van der Waals surface area contributed by atoms with Gasteiger partial charge in [-0.25, -0.2) is 0 Å². The number of nitrogens with one attached hydrogen (secondary N) is 1. The predicted molar refractivity (Wildman–Crippen MR) is 87.6 cm³/mol. The molecular formula is C14H24N4O2S. The van der Waals surface area contributed by atoms with E-state index in [0.717, 1.165) is 37.1 Å². The van der Waals surface area contributed by atoms with E-state index in [4.69, 9.17) is 17.2 Å². The highest BCUT2D eigenvalue weighted by molar-refractivity contribution is 7.19. The molecule has 0 radical (unpaired) electrons. The van der Waals surface area contributed by atoms with Crippen molar-refractivity contribution in [3.8, 4) is 0 Å². The molecule has 0 saturated heterocycles. The van der Waals surface area contributed by atoms with Crippen molar-refractivity contribution in [1.29, 1.82) is 0 Å². The quantitative estimate of drug-likeness (QED) is 0.557. The fraction of sp³-hybridized carbons (Fsp3) is 0.571. The Morgan fingerprint density at radius 1 is 1.24 bits per heavy atom. The lowest BCUT2D eigenvalue weighted by atomic mass is 9.99. The Bertz CT molecular complexity index is 513. The molecule has 1 aromatic heterocycles. The van der Waals surface area contributed by atoms with Crippen molar-refractivity contribution in [2.75, 3.05) is 17.6 Å². The Morgan fingerprint density at radius 2 is 1.90 bits per heavy atom. The summed E-state index contributed by atoms with van der Waals surface area (Å²) in [6.07, 6.45) is 4.49. The van der Waals surface area contributed by atoms with Gasteiger partial charge in [0.05, 0.1) is 11.3 Å². The van der Waals surface area contributed by atoms with E-state index in [1.807, 2.05) is 0 Å². The van der Waals surface area contributed by atoms with Crippen LogP contribution in [0.25, 0.3) is 0 Å². The van der Waals surface area contributed by atoms with Crippen molar-refractivity contribution >= 4 is 33.8 Å². The predicted octanol–water partition coefficient (Wildman–Crippen LogP) is 2.16. The van der Waals surface area contributed by atoms with Gasteiger partial charge in [-0.05, 0) is 12.3 Å². The Morgan fingerprint density at radius 3 is 2.38 bits per heavy atom. The van der Waals surface area contributed by atoms with Crippen LogP contribution < -0.4 is 22.5 Å². The molecule has 7 heteroatoms. The molecule has 0 aliphatic carbocycles. The Balaban J connectivity index is 2.89. The fourth-order valence-corrected chi connectivity index (χ4v) is 3.16. The summed E-state index contributed by atoms with van der Waals surface area (Å²) in [6.45, 7) is 5.01. The average Bonchev–Trinajstić information content (AvgIpc) is 2.76. The minimum atomic E-state index is -0.652. The first-order valence-electron chi connectivity index (χ1n) is 7.18. The minimum Gasteiger partial charge on any atom is -0.397 e. The standard InChI is InChI=1S/C14H24N4O2S/c1-3-5-6-8(4-2)7-18-14-9(12(16)19)10(15)11(21-14)13(17)20/h8,18H,3-7,15H2,1-2H3,(H2,16,19)(H2,17,20). The number of thiophene rings is 1. The van der Waals surface area contributed by atoms with E-state index in [0.29, 0.717) is 10.9 Å². The van der Waals surface area contributed by atoms with E-state index in [-0.39, 0.29) is 16.1 Å². The zero-order valence-electron chi connectivity index (χ0n) is 12.6. The number of amides is 2. The number of anilines is 2. The maximum Gasteiger partial charge on any atom is 0.260 e. The summed E-state index contributed by atoms with van der Waals surface area (Å²) in [7, 11) is 0. The molecule has 7 N–H and O–H groups in total. The molecule has 118 valence electrons. The molecule has 1 heterocycles. The molecule has 0 bridgehead atoms. The second-order valence-corrected chi connectivity index (χ2v) is 6.10. The van der Waals surface area contributed by atoms with E-state index in [1.54, 1.807) is 0 Å². The molecule has 0 fully saturated rings. The van der Waals surface area contributed by atoms with Crippen LogP contribution in [0.4, 0.5) is 10.7 Å². The van der Waals surface area contributed by atoms with Gasteiger partial charge in [-0.2, -0.15) is 0 Å². The van der Waals surface area contributed by atoms with E-state index in [1.165, 1.54) is 6.42 Å². The average molecular weight is 312 g/mol. The summed E-state index contributed by atoms with van der Waals surface area (Å²) >= 11 is 1.09. The number of nitrogens with two attached hydrogens (primary N) is 3. The van der Waals surface area contributed by atoms with Crippen molar-refractivity contribution in [2.45, 2.75) is 39.5 Å². The molecule has 0 aromatic carbocycles. The van der Waals surface area contributed by atoms with E-state index >= 15 is 0 Å². The molecule has 1 atom stereocenters. The summed E-state index contributed by atoms with van der Waals surface area (Å²) in [5.74, 6) is -0.794. The lowest BCUT2D eigenvalue weighted by molar-refractivity contribution is 0.0999. The molecule has 2 amide bonds. The molecule has 0 saturated carbocycles. The largest absolute Gasteiger partial charge is 0.397 e. The summed E-state index contributed by atoms with van der Waals surface area (Å²) in [6, 6.07) is 0. The van der Waals surface area contributed by atoms with Crippen LogP contribution in [0, 0.1) is 5.92 Å². The van der Waals surface area contributed by atoms with Gasteiger partial charge in [-0.3, -0.25) is 9.59 Å². The van der Waals surface area contributed by atoms with E-state index in [2.05, 4.69) is 19.2 Å². The summed E-state index contributed by atoms with van der Waals surface area (Å²) in [4.78, 5) is 23.0. The highest BCUT2D eigenvalue weighted by Crippen LogP contribution is 2.35. The first-order valence-corrected chi connectivity index (χ1v) is 7.99. The van der Waals surface area contributed by atoms with Crippen LogP contribution in [0.15, 0.2) is 0 Å². The molecule has 0 aliphatic rings. The smallest absolute Gasteiger partial charge is 0.260 e. The normalized spacial score (nSPS) is 12.1. The third-order valence-corrected chi connectivity index (χ3v) is 4.69. The number of carbonyl (C=O) groups excluding carboxylic acids is 2. The van der Waals surface area contributed by atoms with Crippen molar-refractivity contribution in [2.24, 2.45) is 17.4 Å². The zero-order chi connectivity index (χ0) is 16.0. The fourth-order valence-electron chi connectivity index (χ4n) is 2.18. The highest BCUT2D eigenvalue weighted by Gasteiger charge is 2.23. The van der Waals surface area contributed by atoms with Crippen LogP contribution in [0.5, 0.6) is 0 Å².